The number of halogens is 3. The molecule has 0 aromatic heterocycles. The van der Waals surface area contributed by atoms with Crippen molar-refractivity contribution in [3.05, 3.63) is 35.4 Å². The molecule has 0 saturated heterocycles. The van der Waals surface area contributed by atoms with Gasteiger partial charge in [-0.05, 0) is 24.5 Å². The van der Waals surface area contributed by atoms with Gasteiger partial charge in [0.1, 0.15) is 0 Å². The van der Waals surface area contributed by atoms with Crippen molar-refractivity contribution in [2.24, 2.45) is 0 Å². The molecule has 0 amide bonds. The molecule has 1 fully saturated rings. The SMILES string of the molecule is O=S(=O)(Cc1ccccc1C(F)(F)F)N(CCO)C1CC1. The Morgan fingerprint density at radius 3 is 2.38 bits per heavy atom. The maximum Gasteiger partial charge on any atom is 0.416 e. The van der Waals surface area contributed by atoms with E-state index in [0.29, 0.717) is 12.8 Å². The number of hydrogen-bond acceptors (Lipinski definition) is 3. The lowest BCUT2D eigenvalue weighted by atomic mass is 10.1. The second-order valence-electron chi connectivity index (χ2n) is 4.98. The molecule has 1 aromatic carbocycles. The Kier molecular flexibility index (Phi) is 4.60. The maximum atomic E-state index is 12.9. The first-order chi connectivity index (χ1) is 9.75. The molecule has 0 radical (unpaired) electrons. The highest BCUT2D eigenvalue weighted by Gasteiger charge is 2.39. The number of benzene rings is 1. The summed E-state index contributed by atoms with van der Waals surface area (Å²) in [7, 11) is -3.88. The molecule has 1 saturated carbocycles. The predicted octanol–water partition coefficient (Wildman–Crippen LogP) is 1.99. The Morgan fingerprint density at radius 1 is 1.24 bits per heavy atom. The predicted molar refractivity (Wildman–Crippen MR) is 70.9 cm³/mol. The summed E-state index contributed by atoms with van der Waals surface area (Å²) in [6, 6.07) is 4.46. The molecule has 8 heteroatoms. The van der Waals surface area contributed by atoms with Crippen LogP contribution >= 0.6 is 0 Å². The number of hydrogen-bond donors (Lipinski definition) is 1. The topological polar surface area (TPSA) is 57.6 Å². The number of sulfonamides is 1. The fraction of sp³-hybridized carbons (Fsp3) is 0.538. The standard InChI is InChI=1S/C13H16F3NO3S/c14-13(15,16)12-4-2-1-3-10(12)9-21(19,20)17(7-8-18)11-5-6-11/h1-4,11,18H,5-9H2. The lowest BCUT2D eigenvalue weighted by Gasteiger charge is -2.22. The highest BCUT2D eigenvalue weighted by molar-refractivity contribution is 7.88. The molecule has 1 N–H and O–H groups in total. The van der Waals surface area contributed by atoms with Gasteiger partial charge in [-0.15, -0.1) is 0 Å². The quantitative estimate of drug-likeness (QED) is 0.871. The second kappa shape index (κ2) is 5.94. The summed E-state index contributed by atoms with van der Waals surface area (Å²) in [4.78, 5) is 0. The maximum absolute atomic E-state index is 12.9. The van der Waals surface area contributed by atoms with Gasteiger partial charge < -0.3 is 5.11 Å². The summed E-state index contributed by atoms with van der Waals surface area (Å²) in [6.07, 6.45) is -3.23. The van der Waals surface area contributed by atoms with Crippen molar-refractivity contribution in [1.82, 2.24) is 4.31 Å². The monoisotopic (exact) mass is 323 g/mol. The molecule has 0 spiro atoms. The minimum atomic E-state index is -4.59. The first-order valence-corrected chi connectivity index (χ1v) is 8.12. The number of rotatable bonds is 6. The van der Waals surface area contributed by atoms with Crippen molar-refractivity contribution in [3.63, 3.8) is 0 Å². The highest BCUT2D eigenvalue weighted by Crippen LogP contribution is 2.34. The summed E-state index contributed by atoms with van der Waals surface area (Å²) in [5.74, 6) is -0.709. The van der Waals surface area contributed by atoms with Crippen molar-refractivity contribution in [3.8, 4) is 0 Å². The van der Waals surface area contributed by atoms with E-state index in [-0.39, 0.29) is 24.8 Å². The third kappa shape index (κ3) is 3.96. The van der Waals surface area contributed by atoms with Gasteiger partial charge in [0.05, 0.1) is 17.9 Å². The van der Waals surface area contributed by atoms with Gasteiger partial charge in [0.2, 0.25) is 10.0 Å². The Bertz CT molecular complexity index is 597. The van der Waals surface area contributed by atoms with E-state index < -0.39 is 27.5 Å². The Labute approximate surface area is 121 Å². The number of aliphatic hydroxyl groups is 1. The fourth-order valence-electron chi connectivity index (χ4n) is 2.21. The van der Waals surface area contributed by atoms with Gasteiger partial charge >= 0.3 is 6.18 Å². The summed E-state index contributed by atoms with van der Waals surface area (Å²) >= 11 is 0. The lowest BCUT2D eigenvalue weighted by molar-refractivity contribution is -0.138. The van der Waals surface area contributed by atoms with Crippen molar-refractivity contribution in [1.29, 1.82) is 0 Å². The zero-order chi connectivity index (χ0) is 15.7. The minimum absolute atomic E-state index is 0.0822. The first-order valence-electron chi connectivity index (χ1n) is 6.51. The average molecular weight is 323 g/mol. The third-order valence-electron chi connectivity index (χ3n) is 3.29. The van der Waals surface area contributed by atoms with Gasteiger partial charge in [-0.1, -0.05) is 18.2 Å². The number of nitrogens with zero attached hydrogens (tertiary/aromatic N) is 1. The third-order valence-corrected chi connectivity index (χ3v) is 5.16. The molecule has 2 rings (SSSR count). The smallest absolute Gasteiger partial charge is 0.395 e. The van der Waals surface area contributed by atoms with Crippen LogP contribution < -0.4 is 0 Å². The van der Waals surface area contributed by atoms with Gasteiger partial charge in [0.25, 0.3) is 0 Å². The van der Waals surface area contributed by atoms with Crippen LogP contribution in [-0.2, 0) is 22.0 Å². The van der Waals surface area contributed by atoms with E-state index in [1.165, 1.54) is 18.2 Å². The largest absolute Gasteiger partial charge is 0.416 e. The van der Waals surface area contributed by atoms with E-state index >= 15 is 0 Å². The van der Waals surface area contributed by atoms with Crippen molar-refractivity contribution >= 4 is 10.0 Å². The lowest BCUT2D eigenvalue weighted by Crippen LogP contribution is -2.36. The Morgan fingerprint density at radius 2 is 1.86 bits per heavy atom. The van der Waals surface area contributed by atoms with Gasteiger partial charge in [-0.25, -0.2) is 8.42 Å². The van der Waals surface area contributed by atoms with Gasteiger partial charge in [-0.3, -0.25) is 0 Å². The summed E-state index contributed by atoms with van der Waals surface area (Å²) in [6.45, 7) is -0.433. The van der Waals surface area contributed by atoms with Crippen molar-refractivity contribution < 1.29 is 26.7 Å². The zero-order valence-electron chi connectivity index (χ0n) is 11.2. The van der Waals surface area contributed by atoms with Crippen LogP contribution in [0.2, 0.25) is 0 Å². The Hall–Kier alpha value is -1.12. The van der Waals surface area contributed by atoms with Crippen molar-refractivity contribution in [2.45, 2.75) is 30.8 Å². The van der Waals surface area contributed by atoms with E-state index in [4.69, 9.17) is 5.11 Å². The van der Waals surface area contributed by atoms with Crippen LogP contribution in [-0.4, -0.2) is 37.0 Å². The molecule has 4 nitrogen and oxygen atoms in total. The van der Waals surface area contributed by atoms with Crippen molar-refractivity contribution in [2.75, 3.05) is 13.2 Å². The van der Waals surface area contributed by atoms with E-state index in [1.807, 2.05) is 0 Å². The molecular formula is C13H16F3NO3S. The minimum Gasteiger partial charge on any atom is -0.395 e. The molecule has 118 valence electrons. The molecule has 0 heterocycles. The summed E-state index contributed by atoms with van der Waals surface area (Å²) < 4.78 is 64.4. The molecule has 21 heavy (non-hydrogen) atoms. The van der Waals surface area contributed by atoms with Gasteiger partial charge in [-0.2, -0.15) is 17.5 Å². The first kappa shape index (κ1) is 16.3. The van der Waals surface area contributed by atoms with Crippen LogP contribution in [0.3, 0.4) is 0 Å². The number of aliphatic hydroxyl groups excluding tert-OH is 1. The molecule has 0 aliphatic heterocycles. The molecule has 1 aromatic rings. The van der Waals surface area contributed by atoms with Crippen LogP contribution in [0, 0.1) is 0 Å². The number of alkyl halides is 3. The van der Waals surface area contributed by atoms with Crippen LogP contribution in [0.4, 0.5) is 13.2 Å². The normalized spacial score (nSPS) is 16.4. The average Bonchev–Trinajstić information content (AvgIpc) is 3.18. The zero-order valence-corrected chi connectivity index (χ0v) is 12.0. The van der Waals surface area contributed by atoms with Gasteiger partial charge in [0, 0.05) is 12.6 Å². The molecule has 1 aliphatic carbocycles. The molecule has 0 bridgehead atoms. The Balaban J connectivity index is 2.28. The van der Waals surface area contributed by atoms with E-state index in [2.05, 4.69) is 0 Å². The van der Waals surface area contributed by atoms with Crippen LogP contribution in [0.25, 0.3) is 0 Å². The summed E-state index contributed by atoms with van der Waals surface area (Å²) in [5.41, 5.74) is -1.21. The molecular weight excluding hydrogens is 307 g/mol. The van der Waals surface area contributed by atoms with E-state index in [1.54, 1.807) is 0 Å². The van der Waals surface area contributed by atoms with Crippen LogP contribution in [0.15, 0.2) is 24.3 Å². The second-order valence-corrected chi connectivity index (χ2v) is 6.90. The highest BCUT2D eigenvalue weighted by atomic mass is 32.2. The fourth-order valence-corrected chi connectivity index (χ4v) is 4.05. The van der Waals surface area contributed by atoms with E-state index in [0.717, 1.165) is 10.4 Å². The van der Waals surface area contributed by atoms with E-state index in [9.17, 15) is 21.6 Å². The van der Waals surface area contributed by atoms with Crippen LogP contribution in [0.1, 0.15) is 24.0 Å². The van der Waals surface area contributed by atoms with Crippen LogP contribution in [0.5, 0.6) is 0 Å². The summed E-state index contributed by atoms with van der Waals surface area (Å²) in [5, 5.41) is 8.94. The molecule has 0 unspecified atom stereocenters. The molecule has 0 atom stereocenters. The van der Waals surface area contributed by atoms with Gasteiger partial charge in [0.15, 0.2) is 0 Å². The molecule has 1 aliphatic rings.